The van der Waals surface area contributed by atoms with Gasteiger partial charge in [-0.05, 0) is 32.9 Å². The molecule has 15 heteroatoms. The van der Waals surface area contributed by atoms with E-state index in [1.165, 1.54) is 28.9 Å². The first-order chi connectivity index (χ1) is 18.4. The number of para-hydroxylation sites is 1. The van der Waals surface area contributed by atoms with Gasteiger partial charge in [-0.2, -0.15) is 0 Å². The highest BCUT2D eigenvalue weighted by Crippen LogP contribution is 2.43. The summed E-state index contributed by atoms with van der Waals surface area (Å²) in [5.41, 5.74) is 6.23. The number of rotatable bonds is 6. The molecule has 5 N–H and O–H groups in total. The van der Waals surface area contributed by atoms with Crippen molar-refractivity contribution in [2.45, 2.75) is 50.9 Å². The van der Waals surface area contributed by atoms with Crippen LogP contribution in [0, 0.1) is 0 Å². The fourth-order valence-electron chi connectivity index (χ4n) is 4.49. The van der Waals surface area contributed by atoms with Gasteiger partial charge in [0.15, 0.2) is 17.7 Å². The largest absolute Gasteiger partial charge is 0.443 e. The van der Waals surface area contributed by atoms with Crippen molar-refractivity contribution in [2.24, 2.45) is 0 Å². The first-order valence-electron chi connectivity index (χ1n) is 12.1. The van der Waals surface area contributed by atoms with Crippen LogP contribution in [0.3, 0.4) is 0 Å². The van der Waals surface area contributed by atoms with E-state index in [1.807, 2.05) is 0 Å². The van der Waals surface area contributed by atoms with E-state index in [0.717, 1.165) is 0 Å². The molecule has 0 bridgehead atoms. The Morgan fingerprint density at radius 3 is 2.67 bits per heavy atom. The number of nitrogens with one attached hydrogen (secondary N) is 1. The Hall–Kier alpha value is -3.39. The van der Waals surface area contributed by atoms with Crippen molar-refractivity contribution in [3.05, 3.63) is 43.0 Å². The summed E-state index contributed by atoms with van der Waals surface area (Å²) in [7, 11) is -2.68. The van der Waals surface area contributed by atoms with Crippen LogP contribution >= 0.6 is 7.52 Å². The average Bonchev–Trinajstić information content (AvgIpc) is 3.57. The Labute approximate surface area is 223 Å². The summed E-state index contributed by atoms with van der Waals surface area (Å²) in [5, 5.41) is 25.0. The molecule has 1 aliphatic heterocycles. The van der Waals surface area contributed by atoms with Crippen molar-refractivity contribution in [1.82, 2.24) is 29.2 Å². The predicted octanol–water partition coefficient (Wildman–Crippen LogP) is 1.52. The number of fused-ring (bicyclic) bond motifs is 2. The molecule has 0 radical (unpaired) electrons. The molecular formula is C24H30N7O7P. The smallest absolute Gasteiger partial charge is 0.419 e. The monoisotopic (exact) mass is 559 g/mol. The second-order valence-electron chi connectivity index (χ2n) is 10.1. The second-order valence-corrected chi connectivity index (χ2v) is 12.3. The zero-order valence-electron chi connectivity index (χ0n) is 21.8. The minimum absolute atomic E-state index is 0.0535. The normalized spacial score (nSPS) is 23.3. The van der Waals surface area contributed by atoms with Crippen LogP contribution in [0.15, 0.2) is 43.0 Å². The molecule has 4 aromatic rings. The first-order valence-corrected chi connectivity index (χ1v) is 13.8. The molecule has 1 aromatic carbocycles. The lowest BCUT2D eigenvalue weighted by atomic mass is 10.1. The summed E-state index contributed by atoms with van der Waals surface area (Å²) in [6.07, 6.45) is -2.87. The number of carbonyl (C=O) groups excluding carboxylic acids is 1. The Bertz CT molecular complexity index is 1580. The minimum Gasteiger partial charge on any atom is -0.443 e. The highest BCUT2D eigenvalue weighted by molar-refractivity contribution is 7.64. The number of nitrogens with two attached hydrogens (primary N) is 1. The Balaban J connectivity index is 1.42. The molecule has 14 nitrogen and oxygen atoms in total. The van der Waals surface area contributed by atoms with Gasteiger partial charge < -0.3 is 29.9 Å². The third-order valence-electron chi connectivity index (χ3n) is 6.33. The van der Waals surface area contributed by atoms with Crippen molar-refractivity contribution in [3.8, 4) is 0 Å². The van der Waals surface area contributed by atoms with E-state index in [2.05, 4.69) is 20.0 Å². The number of aliphatic hydroxyl groups excluding tert-OH is 2. The summed E-state index contributed by atoms with van der Waals surface area (Å²) < 4.78 is 33.7. The number of imidazole rings is 1. The van der Waals surface area contributed by atoms with Gasteiger partial charge in [-0.25, -0.2) is 29.4 Å². The van der Waals surface area contributed by atoms with Crippen molar-refractivity contribution < 1.29 is 33.6 Å². The molecule has 0 saturated carbocycles. The lowest BCUT2D eigenvalue weighted by molar-refractivity contribution is -0.0331. The highest BCUT2D eigenvalue weighted by atomic mass is 31.2. The lowest BCUT2D eigenvalue weighted by Crippen LogP contribution is -2.39. The van der Waals surface area contributed by atoms with Crippen LogP contribution < -0.4 is 16.3 Å². The van der Waals surface area contributed by atoms with Gasteiger partial charge in [0.05, 0.1) is 11.8 Å². The average molecular weight is 560 g/mol. The Morgan fingerprint density at radius 2 is 1.95 bits per heavy atom. The number of carbonyl (C=O) groups is 1. The molecule has 0 spiro atoms. The number of benzene rings is 1. The number of ether oxygens (including phenoxy) is 2. The number of aliphatic hydroxyl groups is 2. The van der Waals surface area contributed by atoms with E-state index >= 15 is 0 Å². The summed E-state index contributed by atoms with van der Waals surface area (Å²) >= 11 is 0. The molecule has 3 aromatic heterocycles. The molecule has 1 aliphatic rings. The number of anilines is 1. The standard InChI is InChI=1S/C24H30N7O7P/c1-24(2,3)38-23(34)31-14-8-6-5-7-13(14)9-16(31)39(35,36-4)29-10-15-18(32)19(33)22(37-15)30-12-28-17-20(25)26-11-27-21(17)30/h5-9,11-12,15,18-19,22,32-33H,10H2,1-4H3,(H,29,35)(H2,25,26,27)/t15-,18-,19-,22-,39?/m1/s1. The van der Waals surface area contributed by atoms with E-state index in [4.69, 9.17) is 19.7 Å². The maximum Gasteiger partial charge on any atom is 0.419 e. The van der Waals surface area contributed by atoms with Crippen LogP contribution in [0.2, 0.25) is 0 Å². The van der Waals surface area contributed by atoms with Gasteiger partial charge in [0, 0.05) is 19.0 Å². The third-order valence-corrected chi connectivity index (χ3v) is 8.37. The number of nitrogens with zero attached hydrogens (tertiary/aromatic N) is 5. The van der Waals surface area contributed by atoms with Gasteiger partial charge in [0.25, 0.3) is 0 Å². The summed E-state index contributed by atoms with van der Waals surface area (Å²) in [5.74, 6) is 0.159. The topological polar surface area (TPSA) is 189 Å². The quantitative estimate of drug-likeness (QED) is 0.250. The molecule has 39 heavy (non-hydrogen) atoms. The summed E-state index contributed by atoms with van der Waals surface area (Å²) in [4.78, 5) is 25.4. The van der Waals surface area contributed by atoms with E-state index < -0.39 is 43.8 Å². The van der Waals surface area contributed by atoms with E-state index in [0.29, 0.717) is 22.1 Å². The van der Waals surface area contributed by atoms with Gasteiger partial charge in [0.1, 0.15) is 41.2 Å². The first kappa shape index (κ1) is 27.2. The van der Waals surface area contributed by atoms with Gasteiger partial charge in [0.2, 0.25) is 0 Å². The number of nitrogen functional groups attached to an aromatic ring is 1. The molecule has 1 unspecified atom stereocenters. The lowest BCUT2D eigenvalue weighted by Gasteiger charge is -2.24. The van der Waals surface area contributed by atoms with Crippen LogP contribution in [0.5, 0.6) is 0 Å². The minimum atomic E-state index is -3.92. The fourth-order valence-corrected chi connectivity index (χ4v) is 6.15. The Morgan fingerprint density at radius 1 is 1.21 bits per heavy atom. The molecule has 5 rings (SSSR count). The van der Waals surface area contributed by atoms with Gasteiger partial charge in [-0.3, -0.25) is 9.13 Å². The summed E-state index contributed by atoms with van der Waals surface area (Å²) in [6, 6.07) is 8.61. The molecule has 4 heterocycles. The molecule has 1 fully saturated rings. The highest BCUT2D eigenvalue weighted by Gasteiger charge is 2.45. The maximum absolute atomic E-state index is 14.1. The maximum atomic E-state index is 14.1. The molecule has 5 atom stereocenters. The van der Waals surface area contributed by atoms with Crippen molar-refractivity contribution in [2.75, 3.05) is 19.4 Å². The molecule has 0 aliphatic carbocycles. The molecule has 208 valence electrons. The number of aromatic nitrogens is 5. The molecular weight excluding hydrogens is 529 g/mol. The van der Waals surface area contributed by atoms with Crippen LogP contribution in [-0.2, 0) is 18.6 Å². The van der Waals surface area contributed by atoms with E-state index in [-0.39, 0.29) is 17.8 Å². The number of hydrogen-bond donors (Lipinski definition) is 4. The fraction of sp³-hybridized carbons (Fsp3) is 0.417. The summed E-state index contributed by atoms with van der Waals surface area (Å²) in [6.45, 7) is 5.00. The van der Waals surface area contributed by atoms with E-state index in [1.54, 1.807) is 51.1 Å². The zero-order chi connectivity index (χ0) is 28.1. The van der Waals surface area contributed by atoms with Gasteiger partial charge >= 0.3 is 13.6 Å². The van der Waals surface area contributed by atoms with Crippen molar-refractivity contribution in [1.29, 1.82) is 0 Å². The van der Waals surface area contributed by atoms with Gasteiger partial charge in [-0.15, -0.1) is 0 Å². The zero-order valence-corrected chi connectivity index (χ0v) is 22.6. The number of hydrogen-bond acceptors (Lipinski definition) is 11. The van der Waals surface area contributed by atoms with Crippen LogP contribution in [-0.4, -0.2) is 78.0 Å². The Kier molecular flexibility index (Phi) is 6.95. The molecule has 1 saturated heterocycles. The second kappa shape index (κ2) is 9.97. The predicted molar refractivity (Wildman–Crippen MR) is 141 cm³/mol. The van der Waals surface area contributed by atoms with Crippen molar-refractivity contribution >= 4 is 46.9 Å². The van der Waals surface area contributed by atoms with Crippen molar-refractivity contribution in [3.63, 3.8) is 0 Å². The van der Waals surface area contributed by atoms with Crippen LogP contribution in [0.4, 0.5) is 10.6 Å². The third kappa shape index (κ3) is 4.91. The van der Waals surface area contributed by atoms with Crippen LogP contribution in [0.25, 0.3) is 22.1 Å². The van der Waals surface area contributed by atoms with E-state index in [9.17, 15) is 19.6 Å². The van der Waals surface area contributed by atoms with Gasteiger partial charge in [-0.1, -0.05) is 18.2 Å². The van der Waals surface area contributed by atoms with Crippen LogP contribution in [0.1, 0.15) is 27.0 Å². The SMILES string of the molecule is COP(=O)(NC[C@H]1O[C@@H](n2cnc3c(N)ncnc32)[C@H](O)[C@@H]1O)c1cc2ccccc2n1C(=O)OC(C)(C)C. The molecule has 0 amide bonds.